The zero-order valence-electron chi connectivity index (χ0n) is 11.2. The Balaban J connectivity index is 2.35. The highest BCUT2D eigenvalue weighted by Crippen LogP contribution is 2.19. The van der Waals surface area contributed by atoms with E-state index in [1.807, 2.05) is 6.92 Å². The van der Waals surface area contributed by atoms with Crippen LogP contribution in [0.4, 0.5) is 0 Å². The maximum Gasteiger partial charge on any atom is 0.323 e. The highest BCUT2D eigenvalue weighted by atomic mass is 16.5. The molecule has 1 rings (SSSR count). The van der Waals surface area contributed by atoms with Crippen LogP contribution in [-0.4, -0.2) is 37.9 Å². The first-order chi connectivity index (χ1) is 8.19. The molecule has 0 bridgehead atoms. The summed E-state index contributed by atoms with van der Waals surface area (Å²) in [5.74, 6) is 0.393. The summed E-state index contributed by atoms with van der Waals surface area (Å²) in [6.45, 7) is 8.14. The van der Waals surface area contributed by atoms with E-state index in [1.165, 1.54) is 0 Å². The minimum atomic E-state index is -0.159. The number of hydrogen-bond acceptors (Lipinski definition) is 4. The molecule has 1 fully saturated rings. The molecule has 1 N–H and O–H groups in total. The molecular weight excluding hydrogens is 218 g/mol. The van der Waals surface area contributed by atoms with Crippen molar-refractivity contribution in [3.8, 4) is 0 Å². The Morgan fingerprint density at radius 2 is 2.29 bits per heavy atom. The van der Waals surface area contributed by atoms with E-state index in [2.05, 4.69) is 19.2 Å². The normalized spacial score (nSPS) is 25.8. The van der Waals surface area contributed by atoms with E-state index in [-0.39, 0.29) is 12.0 Å². The molecule has 1 heterocycles. The van der Waals surface area contributed by atoms with Crippen LogP contribution in [0.2, 0.25) is 0 Å². The van der Waals surface area contributed by atoms with Gasteiger partial charge in [-0.2, -0.15) is 0 Å². The van der Waals surface area contributed by atoms with E-state index in [4.69, 9.17) is 9.47 Å². The van der Waals surface area contributed by atoms with Gasteiger partial charge in [0.2, 0.25) is 0 Å². The Morgan fingerprint density at radius 1 is 1.53 bits per heavy atom. The van der Waals surface area contributed by atoms with Gasteiger partial charge in [-0.25, -0.2) is 0 Å². The highest BCUT2D eigenvalue weighted by Gasteiger charge is 2.26. The fraction of sp³-hybridized carbons (Fsp3) is 0.923. The minimum Gasteiger partial charge on any atom is -0.465 e. The molecular formula is C13H25NO3. The first-order valence-electron chi connectivity index (χ1n) is 6.70. The lowest BCUT2D eigenvalue weighted by Crippen LogP contribution is -2.41. The lowest BCUT2D eigenvalue weighted by molar-refractivity contribution is -0.145. The predicted molar refractivity (Wildman–Crippen MR) is 66.9 cm³/mol. The van der Waals surface area contributed by atoms with E-state index < -0.39 is 0 Å². The molecule has 100 valence electrons. The molecule has 0 saturated carbocycles. The lowest BCUT2D eigenvalue weighted by atomic mass is 10.0. The summed E-state index contributed by atoms with van der Waals surface area (Å²) in [6.07, 6.45) is 3.19. The first kappa shape index (κ1) is 14.5. The molecule has 0 aliphatic carbocycles. The van der Waals surface area contributed by atoms with Gasteiger partial charge in [-0.15, -0.1) is 0 Å². The first-order valence-corrected chi connectivity index (χ1v) is 6.70. The largest absolute Gasteiger partial charge is 0.465 e. The van der Waals surface area contributed by atoms with E-state index in [1.54, 1.807) is 0 Å². The van der Waals surface area contributed by atoms with Gasteiger partial charge in [0.1, 0.15) is 6.04 Å². The van der Waals surface area contributed by atoms with Crippen LogP contribution in [-0.2, 0) is 14.3 Å². The second-order valence-corrected chi connectivity index (χ2v) is 4.63. The molecule has 0 radical (unpaired) electrons. The third kappa shape index (κ3) is 4.64. The van der Waals surface area contributed by atoms with E-state index in [9.17, 15) is 4.79 Å². The fourth-order valence-corrected chi connectivity index (χ4v) is 2.17. The smallest absolute Gasteiger partial charge is 0.323 e. The predicted octanol–water partition coefficient (Wildman–Crippen LogP) is 1.73. The minimum absolute atomic E-state index is 0.124. The summed E-state index contributed by atoms with van der Waals surface area (Å²) in [5, 5.41) is 3.32. The number of ether oxygens (including phenoxy) is 2. The second-order valence-electron chi connectivity index (χ2n) is 4.63. The standard InChI is InChI=1S/C13H25NO3/c1-4-6-12(13(15)16-5-2)14-9-11-7-8-17-10(11)3/h10-12,14H,4-9H2,1-3H3. The van der Waals surface area contributed by atoms with Crippen molar-refractivity contribution in [3.05, 3.63) is 0 Å². The third-order valence-electron chi connectivity index (χ3n) is 3.31. The van der Waals surface area contributed by atoms with Crippen LogP contribution in [0.3, 0.4) is 0 Å². The number of esters is 1. The summed E-state index contributed by atoms with van der Waals surface area (Å²) in [7, 11) is 0. The number of carbonyl (C=O) groups is 1. The van der Waals surface area contributed by atoms with Crippen molar-refractivity contribution < 1.29 is 14.3 Å². The fourth-order valence-electron chi connectivity index (χ4n) is 2.17. The molecule has 3 unspecified atom stereocenters. The Labute approximate surface area is 104 Å². The molecule has 0 amide bonds. The van der Waals surface area contributed by atoms with Gasteiger partial charge in [0, 0.05) is 13.2 Å². The number of hydrogen-bond donors (Lipinski definition) is 1. The zero-order chi connectivity index (χ0) is 12.7. The lowest BCUT2D eigenvalue weighted by Gasteiger charge is -2.20. The van der Waals surface area contributed by atoms with Gasteiger partial charge < -0.3 is 14.8 Å². The summed E-state index contributed by atoms with van der Waals surface area (Å²) in [4.78, 5) is 11.7. The van der Waals surface area contributed by atoms with Crippen molar-refractivity contribution in [1.29, 1.82) is 0 Å². The van der Waals surface area contributed by atoms with Crippen LogP contribution < -0.4 is 5.32 Å². The average molecular weight is 243 g/mol. The molecule has 4 nitrogen and oxygen atoms in total. The maximum atomic E-state index is 11.7. The molecule has 0 spiro atoms. The van der Waals surface area contributed by atoms with Crippen molar-refractivity contribution in [2.45, 2.75) is 52.2 Å². The molecule has 3 atom stereocenters. The van der Waals surface area contributed by atoms with Gasteiger partial charge in [-0.3, -0.25) is 4.79 Å². The summed E-state index contributed by atoms with van der Waals surface area (Å²) < 4.78 is 10.6. The Bertz CT molecular complexity index is 233. The van der Waals surface area contributed by atoms with Crippen molar-refractivity contribution in [3.63, 3.8) is 0 Å². The van der Waals surface area contributed by atoms with Gasteiger partial charge >= 0.3 is 5.97 Å². The van der Waals surface area contributed by atoms with Crippen LogP contribution in [0, 0.1) is 5.92 Å². The van der Waals surface area contributed by atoms with Gasteiger partial charge in [-0.1, -0.05) is 13.3 Å². The second kappa shape index (κ2) is 7.67. The number of nitrogens with one attached hydrogen (secondary N) is 1. The summed E-state index contributed by atoms with van der Waals surface area (Å²) >= 11 is 0. The van der Waals surface area contributed by atoms with Gasteiger partial charge in [0.05, 0.1) is 12.7 Å². The van der Waals surface area contributed by atoms with Gasteiger partial charge in [0.25, 0.3) is 0 Å². The van der Waals surface area contributed by atoms with Crippen molar-refractivity contribution in [2.24, 2.45) is 5.92 Å². The molecule has 1 aliphatic rings. The molecule has 4 heteroatoms. The Hall–Kier alpha value is -0.610. The molecule has 1 aliphatic heterocycles. The number of carbonyl (C=O) groups excluding carboxylic acids is 1. The summed E-state index contributed by atoms with van der Waals surface area (Å²) in [5.41, 5.74) is 0. The zero-order valence-corrected chi connectivity index (χ0v) is 11.2. The van der Waals surface area contributed by atoms with Crippen molar-refractivity contribution in [2.75, 3.05) is 19.8 Å². The topological polar surface area (TPSA) is 47.6 Å². The Kier molecular flexibility index (Phi) is 6.52. The van der Waals surface area contributed by atoms with Crippen molar-refractivity contribution >= 4 is 5.97 Å². The van der Waals surface area contributed by atoms with Crippen LogP contribution in [0.5, 0.6) is 0 Å². The van der Waals surface area contributed by atoms with Crippen LogP contribution >= 0.6 is 0 Å². The Morgan fingerprint density at radius 3 is 2.82 bits per heavy atom. The van der Waals surface area contributed by atoms with Crippen LogP contribution in [0.15, 0.2) is 0 Å². The molecule has 0 aromatic rings. The third-order valence-corrected chi connectivity index (χ3v) is 3.31. The number of rotatable bonds is 7. The molecule has 1 saturated heterocycles. The van der Waals surface area contributed by atoms with E-state index in [0.717, 1.165) is 32.4 Å². The monoisotopic (exact) mass is 243 g/mol. The van der Waals surface area contributed by atoms with E-state index in [0.29, 0.717) is 18.6 Å². The highest BCUT2D eigenvalue weighted by molar-refractivity contribution is 5.75. The summed E-state index contributed by atoms with van der Waals surface area (Å²) in [6, 6.07) is -0.159. The molecule has 0 aromatic heterocycles. The maximum absolute atomic E-state index is 11.7. The van der Waals surface area contributed by atoms with E-state index >= 15 is 0 Å². The van der Waals surface area contributed by atoms with Crippen LogP contribution in [0.1, 0.15) is 40.0 Å². The molecule has 0 aromatic carbocycles. The van der Waals surface area contributed by atoms with Crippen molar-refractivity contribution in [1.82, 2.24) is 5.32 Å². The quantitative estimate of drug-likeness (QED) is 0.692. The van der Waals surface area contributed by atoms with Gasteiger partial charge in [0.15, 0.2) is 0 Å². The average Bonchev–Trinajstić information content (AvgIpc) is 2.70. The SMILES string of the molecule is CCCC(NCC1CCOC1C)C(=O)OCC. The van der Waals surface area contributed by atoms with Gasteiger partial charge in [-0.05, 0) is 32.6 Å². The van der Waals surface area contributed by atoms with Crippen LogP contribution in [0.25, 0.3) is 0 Å². The molecule has 17 heavy (non-hydrogen) atoms.